The molecule has 8 heteroatoms. The molecule has 0 saturated carbocycles. The van der Waals surface area contributed by atoms with Gasteiger partial charge in [-0.25, -0.2) is 9.59 Å². The summed E-state index contributed by atoms with van der Waals surface area (Å²) in [6.07, 6.45) is -1.64. The number of methoxy groups -OCH3 is 1. The first-order valence-corrected chi connectivity index (χ1v) is 8.92. The summed E-state index contributed by atoms with van der Waals surface area (Å²) in [5.74, 6) is -2.74. The van der Waals surface area contributed by atoms with Crippen LogP contribution >= 0.6 is 0 Å². The predicted molar refractivity (Wildman–Crippen MR) is 103 cm³/mol. The summed E-state index contributed by atoms with van der Waals surface area (Å²) in [7, 11) is 1.49. The predicted octanol–water partition coefficient (Wildman–Crippen LogP) is 1.82. The van der Waals surface area contributed by atoms with Gasteiger partial charge >= 0.3 is 11.9 Å². The SMILES string of the molecule is COCCOCC(=O)O[C@@H](C(=O)O)[C@@H](NC(=O)c1ccccc1)c1ccccc1. The second-order valence-corrected chi connectivity index (χ2v) is 6.02. The smallest absolute Gasteiger partial charge is 0.347 e. The topological polar surface area (TPSA) is 111 Å². The van der Waals surface area contributed by atoms with Crippen molar-refractivity contribution >= 4 is 17.8 Å². The number of carboxylic acids is 1. The van der Waals surface area contributed by atoms with E-state index in [2.05, 4.69) is 5.32 Å². The van der Waals surface area contributed by atoms with Gasteiger partial charge in [-0.05, 0) is 17.7 Å². The van der Waals surface area contributed by atoms with Crippen molar-refractivity contribution in [2.75, 3.05) is 26.9 Å². The fraction of sp³-hybridized carbons (Fsp3) is 0.286. The molecule has 2 rings (SSSR count). The molecular weight excluding hydrogens is 378 g/mol. The van der Waals surface area contributed by atoms with Crippen LogP contribution in [0.25, 0.3) is 0 Å². The Morgan fingerprint density at radius 2 is 1.59 bits per heavy atom. The second-order valence-electron chi connectivity index (χ2n) is 6.02. The molecule has 0 unspecified atom stereocenters. The molecule has 0 aliphatic heterocycles. The van der Waals surface area contributed by atoms with Crippen LogP contribution in [0.15, 0.2) is 60.7 Å². The summed E-state index contributed by atoms with van der Waals surface area (Å²) < 4.78 is 15.0. The molecule has 8 nitrogen and oxygen atoms in total. The molecule has 2 aromatic rings. The van der Waals surface area contributed by atoms with E-state index in [9.17, 15) is 19.5 Å². The average Bonchev–Trinajstić information content (AvgIpc) is 2.74. The quantitative estimate of drug-likeness (QED) is 0.436. The van der Waals surface area contributed by atoms with E-state index in [4.69, 9.17) is 14.2 Å². The number of benzene rings is 2. The molecule has 2 aromatic carbocycles. The highest BCUT2D eigenvalue weighted by Crippen LogP contribution is 2.21. The summed E-state index contributed by atoms with van der Waals surface area (Å²) >= 11 is 0. The number of carbonyl (C=O) groups excluding carboxylic acids is 2. The van der Waals surface area contributed by atoms with Gasteiger partial charge in [-0.1, -0.05) is 48.5 Å². The number of hydrogen-bond acceptors (Lipinski definition) is 6. The van der Waals surface area contributed by atoms with Gasteiger partial charge in [0.15, 0.2) is 0 Å². The number of amides is 1. The molecule has 2 atom stereocenters. The molecule has 2 N–H and O–H groups in total. The average molecular weight is 401 g/mol. The van der Waals surface area contributed by atoms with Gasteiger partial charge in [-0.2, -0.15) is 0 Å². The number of esters is 1. The van der Waals surface area contributed by atoms with E-state index in [1.165, 1.54) is 7.11 Å². The van der Waals surface area contributed by atoms with Crippen molar-refractivity contribution in [1.29, 1.82) is 0 Å². The zero-order chi connectivity index (χ0) is 21.1. The van der Waals surface area contributed by atoms with Gasteiger partial charge in [-0.15, -0.1) is 0 Å². The minimum absolute atomic E-state index is 0.163. The minimum Gasteiger partial charge on any atom is -0.478 e. The summed E-state index contributed by atoms with van der Waals surface area (Å²) in [6, 6.07) is 15.7. The second kappa shape index (κ2) is 11.6. The number of carbonyl (C=O) groups is 3. The molecule has 0 radical (unpaired) electrons. The maximum absolute atomic E-state index is 12.6. The lowest BCUT2D eigenvalue weighted by molar-refractivity contribution is -0.169. The Morgan fingerprint density at radius 3 is 2.17 bits per heavy atom. The van der Waals surface area contributed by atoms with E-state index in [1.807, 2.05) is 0 Å². The molecule has 0 aromatic heterocycles. The van der Waals surface area contributed by atoms with E-state index in [-0.39, 0.29) is 13.2 Å². The molecular formula is C21H23NO7. The summed E-state index contributed by atoms with van der Waals surface area (Å²) in [4.78, 5) is 36.5. The Labute approximate surface area is 168 Å². The van der Waals surface area contributed by atoms with E-state index >= 15 is 0 Å². The molecule has 0 heterocycles. The zero-order valence-electron chi connectivity index (χ0n) is 15.9. The van der Waals surface area contributed by atoms with E-state index < -0.39 is 36.6 Å². The van der Waals surface area contributed by atoms with E-state index in [0.29, 0.717) is 11.1 Å². The highest BCUT2D eigenvalue weighted by Gasteiger charge is 2.34. The van der Waals surface area contributed by atoms with Gasteiger partial charge in [0.2, 0.25) is 6.10 Å². The molecule has 0 aliphatic rings. The van der Waals surface area contributed by atoms with Crippen LogP contribution in [0.3, 0.4) is 0 Å². The Hall–Kier alpha value is -3.23. The van der Waals surface area contributed by atoms with Gasteiger partial charge < -0.3 is 24.6 Å². The summed E-state index contributed by atoms with van der Waals surface area (Å²) in [5, 5.41) is 12.3. The lowest BCUT2D eigenvalue weighted by Gasteiger charge is -2.25. The normalized spacial score (nSPS) is 12.6. The fourth-order valence-corrected chi connectivity index (χ4v) is 2.54. The van der Waals surface area contributed by atoms with Crippen LogP contribution in [0.5, 0.6) is 0 Å². The highest BCUT2D eigenvalue weighted by molar-refractivity contribution is 5.95. The van der Waals surface area contributed by atoms with Crippen LogP contribution in [0.2, 0.25) is 0 Å². The number of ether oxygens (including phenoxy) is 3. The number of aliphatic carboxylic acids is 1. The molecule has 0 fully saturated rings. The number of rotatable bonds is 11. The molecule has 0 bridgehead atoms. The molecule has 0 saturated heterocycles. The minimum atomic E-state index is -1.64. The first kappa shape index (κ1) is 22.1. The highest BCUT2D eigenvalue weighted by atomic mass is 16.6. The number of hydrogen-bond donors (Lipinski definition) is 2. The largest absolute Gasteiger partial charge is 0.478 e. The molecule has 0 spiro atoms. The lowest BCUT2D eigenvalue weighted by atomic mass is 10.0. The zero-order valence-corrected chi connectivity index (χ0v) is 15.9. The molecule has 0 aliphatic carbocycles. The van der Waals surface area contributed by atoms with Crippen molar-refractivity contribution in [3.05, 3.63) is 71.8 Å². The van der Waals surface area contributed by atoms with E-state index in [0.717, 1.165) is 0 Å². The van der Waals surface area contributed by atoms with Crippen LogP contribution in [0, 0.1) is 0 Å². The van der Waals surface area contributed by atoms with Crippen molar-refractivity contribution in [2.45, 2.75) is 12.1 Å². The van der Waals surface area contributed by atoms with Gasteiger partial charge in [-0.3, -0.25) is 4.79 Å². The third kappa shape index (κ3) is 7.02. The van der Waals surface area contributed by atoms with Crippen molar-refractivity contribution in [3.8, 4) is 0 Å². The Balaban J connectivity index is 2.19. The first-order valence-electron chi connectivity index (χ1n) is 8.92. The van der Waals surface area contributed by atoms with Crippen molar-refractivity contribution < 1.29 is 33.7 Å². The summed E-state index contributed by atoms with van der Waals surface area (Å²) in [5.41, 5.74) is 0.837. The summed E-state index contributed by atoms with van der Waals surface area (Å²) in [6.45, 7) is 0.0207. The Kier molecular flexibility index (Phi) is 8.81. The standard InChI is InChI=1S/C21H23NO7/c1-27-12-13-28-14-17(23)29-19(21(25)26)18(15-8-4-2-5-9-15)22-20(24)16-10-6-3-7-11-16/h2-11,18-19H,12-14H2,1H3,(H,22,24)(H,25,26)/t18-,19+/m0/s1. The fourth-order valence-electron chi connectivity index (χ4n) is 2.54. The molecule has 1 amide bonds. The Morgan fingerprint density at radius 1 is 0.966 bits per heavy atom. The van der Waals surface area contributed by atoms with Gasteiger partial charge in [0.25, 0.3) is 5.91 Å². The van der Waals surface area contributed by atoms with Crippen LogP contribution in [-0.2, 0) is 23.8 Å². The van der Waals surface area contributed by atoms with Crippen molar-refractivity contribution in [1.82, 2.24) is 5.32 Å². The monoisotopic (exact) mass is 401 g/mol. The number of carboxylic acid groups (broad SMARTS) is 1. The molecule has 29 heavy (non-hydrogen) atoms. The van der Waals surface area contributed by atoms with Crippen LogP contribution in [0.4, 0.5) is 0 Å². The first-order chi connectivity index (χ1) is 14.0. The van der Waals surface area contributed by atoms with Gasteiger partial charge in [0, 0.05) is 12.7 Å². The third-order valence-electron chi connectivity index (χ3n) is 3.94. The maximum atomic E-state index is 12.6. The maximum Gasteiger partial charge on any atom is 0.347 e. The van der Waals surface area contributed by atoms with Crippen LogP contribution in [0.1, 0.15) is 22.0 Å². The lowest BCUT2D eigenvalue weighted by Crippen LogP contribution is -2.43. The van der Waals surface area contributed by atoms with Gasteiger partial charge in [0.1, 0.15) is 12.6 Å². The Bertz CT molecular complexity index is 795. The van der Waals surface area contributed by atoms with Crippen LogP contribution in [-0.4, -0.2) is 56.0 Å². The van der Waals surface area contributed by atoms with Crippen molar-refractivity contribution in [3.63, 3.8) is 0 Å². The van der Waals surface area contributed by atoms with Gasteiger partial charge in [0.05, 0.1) is 13.2 Å². The van der Waals surface area contributed by atoms with Crippen molar-refractivity contribution in [2.24, 2.45) is 0 Å². The van der Waals surface area contributed by atoms with Crippen LogP contribution < -0.4 is 5.32 Å². The third-order valence-corrected chi connectivity index (χ3v) is 3.94. The van der Waals surface area contributed by atoms with E-state index in [1.54, 1.807) is 60.7 Å². The number of nitrogens with one attached hydrogen (secondary N) is 1. The molecule has 154 valence electrons.